The summed E-state index contributed by atoms with van der Waals surface area (Å²) in [6.07, 6.45) is 4.15. The summed E-state index contributed by atoms with van der Waals surface area (Å²) < 4.78 is 0. The number of benzene rings is 1. The highest BCUT2D eigenvalue weighted by molar-refractivity contribution is 6.30. The highest BCUT2D eigenvalue weighted by atomic mass is 35.5. The van der Waals surface area contributed by atoms with Crippen LogP contribution in [0.2, 0.25) is 5.02 Å². The van der Waals surface area contributed by atoms with Gasteiger partial charge in [0, 0.05) is 17.1 Å². The van der Waals surface area contributed by atoms with Crippen molar-refractivity contribution >= 4 is 11.6 Å². The predicted octanol–water partition coefficient (Wildman–Crippen LogP) is 4.35. The van der Waals surface area contributed by atoms with E-state index < -0.39 is 0 Å². The molecule has 0 heterocycles. The van der Waals surface area contributed by atoms with Gasteiger partial charge < -0.3 is 5.32 Å². The van der Waals surface area contributed by atoms with Crippen LogP contribution in [0.3, 0.4) is 0 Å². The van der Waals surface area contributed by atoms with Crippen LogP contribution in [-0.2, 0) is 0 Å². The summed E-state index contributed by atoms with van der Waals surface area (Å²) in [5, 5.41) is 4.35. The second kappa shape index (κ2) is 6.72. The summed E-state index contributed by atoms with van der Waals surface area (Å²) in [4.78, 5) is 0. The van der Waals surface area contributed by atoms with Crippen LogP contribution in [0, 0.1) is 0 Å². The molecule has 0 aliphatic heterocycles. The smallest absolute Gasteiger partial charge is 0.0406 e. The Morgan fingerprint density at radius 2 is 1.94 bits per heavy atom. The Hall–Kier alpha value is -0.790. The zero-order chi connectivity index (χ0) is 12.0. The molecule has 0 bridgehead atoms. The summed E-state index contributed by atoms with van der Waals surface area (Å²) in [6, 6.07) is 8.87. The van der Waals surface area contributed by atoms with Crippen molar-refractivity contribution in [3.05, 3.63) is 47.5 Å². The van der Waals surface area contributed by atoms with Gasteiger partial charge in [-0.3, -0.25) is 0 Å². The predicted molar refractivity (Wildman–Crippen MR) is 71.9 cm³/mol. The summed E-state index contributed by atoms with van der Waals surface area (Å²) in [7, 11) is 0. The minimum absolute atomic E-state index is 0.358. The van der Waals surface area contributed by atoms with Crippen molar-refractivity contribution in [1.29, 1.82) is 0 Å². The Balaban J connectivity index is 2.48. The van der Waals surface area contributed by atoms with Crippen molar-refractivity contribution in [2.45, 2.75) is 38.8 Å². The number of rotatable bonds is 6. The van der Waals surface area contributed by atoms with E-state index in [1.54, 1.807) is 0 Å². The average Bonchev–Trinajstić information content (AvgIpc) is 2.27. The Bertz CT molecular complexity index is 318. The molecule has 0 fully saturated rings. The normalized spacial score (nSPS) is 14.4. The molecule has 88 valence electrons. The molecule has 0 spiro atoms. The van der Waals surface area contributed by atoms with E-state index in [2.05, 4.69) is 37.9 Å². The molecule has 16 heavy (non-hydrogen) atoms. The monoisotopic (exact) mass is 237 g/mol. The van der Waals surface area contributed by atoms with Gasteiger partial charge in [0.05, 0.1) is 0 Å². The largest absolute Gasteiger partial charge is 0.308 e. The number of hydrogen-bond donors (Lipinski definition) is 1. The SMILES string of the molecule is C=CCCC(C)NC(C)c1ccc(Cl)cc1. The maximum absolute atomic E-state index is 5.86. The minimum atomic E-state index is 0.358. The molecule has 0 saturated heterocycles. The standard InChI is InChI=1S/C14H20ClN/c1-4-5-6-11(2)16-12(3)13-7-9-14(15)10-8-13/h4,7-12,16H,1,5-6H2,2-3H3. The Kier molecular flexibility index (Phi) is 5.58. The highest BCUT2D eigenvalue weighted by Crippen LogP contribution is 2.17. The van der Waals surface area contributed by atoms with E-state index in [0.717, 1.165) is 17.9 Å². The van der Waals surface area contributed by atoms with E-state index in [1.807, 2.05) is 18.2 Å². The van der Waals surface area contributed by atoms with Crippen molar-refractivity contribution in [3.63, 3.8) is 0 Å². The molecular weight excluding hydrogens is 218 g/mol. The van der Waals surface area contributed by atoms with Gasteiger partial charge >= 0.3 is 0 Å². The summed E-state index contributed by atoms with van der Waals surface area (Å²) in [6.45, 7) is 8.12. The van der Waals surface area contributed by atoms with E-state index in [9.17, 15) is 0 Å². The van der Waals surface area contributed by atoms with Crippen molar-refractivity contribution in [2.24, 2.45) is 0 Å². The first-order valence-electron chi connectivity index (χ1n) is 5.76. The third kappa shape index (κ3) is 4.38. The summed E-state index contributed by atoms with van der Waals surface area (Å²) in [5.74, 6) is 0. The lowest BCUT2D eigenvalue weighted by atomic mass is 10.1. The van der Waals surface area contributed by atoms with Gasteiger partial charge in [0.25, 0.3) is 0 Å². The van der Waals surface area contributed by atoms with Crippen LogP contribution in [0.1, 0.15) is 38.3 Å². The van der Waals surface area contributed by atoms with Gasteiger partial charge in [-0.1, -0.05) is 29.8 Å². The molecule has 0 amide bonds. The number of halogens is 1. The van der Waals surface area contributed by atoms with Gasteiger partial charge in [-0.15, -0.1) is 6.58 Å². The minimum Gasteiger partial charge on any atom is -0.308 e. The van der Waals surface area contributed by atoms with Crippen LogP contribution in [-0.4, -0.2) is 6.04 Å². The molecule has 0 aliphatic carbocycles. The van der Waals surface area contributed by atoms with E-state index in [-0.39, 0.29) is 0 Å². The third-order valence-electron chi connectivity index (χ3n) is 2.71. The molecule has 1 N–H and O–H groups in total. The van der Waals surface area contributed by atoms with Crippen molar-refractivity contribution in [2.75, 3.05) is 0 Å². The van der Waals surface area contributed by atoms with Gasteiger partial charge in [-0.25, -0.2) is 0 Å². The zero-order valence-electron chi connectivity index (χ0n) is 10.0. The van der Waals surface area contributed by atoms with Crippen LogP contribution >= 0.6 is 11.6 Å². The second-order valence-electron chi connectivity index (χ2n) is 4.21. The first-order valence-corrected chi connectivity index (χ1v) is 6.13. The molecule has 1 nitrogen and oxygen atoms in total. The lowest BCUT2D eigenvalue weighted by molar-refractivity contribution is 0.459. The molecule has 0 radical (unpaired) electrons. The van der Waals surface area contributed by atoms with Crippen LogP contribution in [0.5, 0.6) is 0 Å². The lowest BCUT2D eigenvalue weighted by Crippen LogP contribution is -2.28. The number of nitrogens with one attached hydrogen (secondary N) is 1. The third-order valence-corrected chi connectivity index (χ3v) is 2.96. The van der Waals surface area contributed by atoms with E-state index in [4.69, 9.17) is 11.6 Å². The lowest BCUT2D eigenvalue weighted by Gasteiger charge is -2.20. The fourth-order valence-electron chi connectivity index (χ4n) is 1.73. The van der Waals surface area contributed by atoms with E-state index >= 15 is 0 Å². The average molecular weight is 238 g/mol. The van der Waals surface area contributed by atoms with Crippen LogP contribution in [0.15, 0.2) is 36.9 Å². The zero-order valence-corrected chi connectivity index (χ0v) is 10.8. The summed E-state index contributed by atoms with van der Waals surface area (Å²) in [5.41, 5.74) is 1.27. The van der Waals surface area contributed by atoms with E-state index in [1.165, 1.54) is 5.56 Å². The summed E-state index contributed by atoms with van der Waals surface area (Å²) >= 11 is 5.86. The Morgan fingerprint density at radius 1 is 1.31 bits per heavy atom. The molecule has 1 rings (SSSR count). The molecular formula is C14H20ClN. The number of allylic oxidation sites excluding steroid dienone is 1. The van der Waals surface area contributed by atoms with Crippen LogP contribution in [0.4, 0.5) is 0 Å². The molecule has 0 saturated carbocycles. The molecule has 0 aliphatic rings. The molecule has 2 atom stereocenters. The quantitative estimate of drug-likeness (QED) is 0.726. The van der Waals surface area contributed by atoms with E-state index in [0.29, 0.717) is 12.1 Å². The Morgan fingerprint density at radius 3 is 2.50 bits per heavy atom. The van der Waals surface area contributed by atoms with Gasteiger partial charge in [0.15, 0.2) is 0 Å². The molecule has 1 aromatic carbocycles. The maximum Gasteiger partial charge on any atom is 0.0406 e. The van der Waals surface area contributed by atoms with Gasteiger partial charge in [0.1, 0.15) is 0 Å². The fraction of sp³-hybridized carbons (Fsp3) is 0.429. The molecule has 2 heteroatoms. The first-order chi connectivity index (χ1) is 7.63. The van der Waals surface area contributed by atoms with Crippen molar-refractivity contribution < 1.29 is 0 Å². The van der Waals surface area contributed by atoms with Crippen LogP contribution in [0.25, 0.3) is 0 Å². The molecule has 0 aromatic heterocycles. The van der Waals surface area contributed by atoms with Crippen molar-refractivity contribution in [1.82, 2.24) is 5.32 Å². The Labute approximate surface area is 104 Å². The maximum atomic E-state index is 5.86. The van der Waals surface area contributed by atoms with Gasteiger partial charge in [0.2, 0.25) is 0 Å². The molecule has 2 unspecified atom stereocenters. The van der Waals surface area contributed by atoms with Crippen molar-refractivity contribution in [3.8, 4) is 0 Å². The first kappa shape index (κ1) is 13.3. The van der Waals surface area contributed by atoms with Crippen LogP contribution < -0.4 is 5.32 Å². The molecule has 1 aromatic rings. The second-order valence-corrected chi connectivity index (χ2v) is 4.64. The van der Waals surface area contributed by atoms with Gasteiger partial charge in [-0.05, 0) is 44.4 Å². The topological polar surface area (TPSA) is 12.0 Å². The number of hydrogen-bond acceptors (Lipinski definition) is 1. The fourth-order valence-corrected chi connectivity index (χ4v) is 1.85. The highest BCUT2D eigenvalue weighted by Gasteiger charge is 2.08. The van der Waals surface area contributed by atoms with Gasteiger partial charge in [-0.2, -0.15) is 0 Å².